The molecular formula is C8H4BrNOS. The van der Waals surface area contributed by atoms with Crippen molar-refractivity contribution in [2.75, 3.05) is 0 Å². The maximum atomic E-state index is 10.5. The van der Waals surface area contributed by atoms with Gasteiger partial charge in [-0.15, -0.1) is 11.3 Å². The average Bonchev–Trinajstić information content (AvgIpc) is 2.49. The van der Waals surface area contributed by atoms with Crippen LogP contribution >= 0.6 is 27.3 Å². The first-order valence-corrected chi connectivity index (χ1v) is 4.91. The molecule has 2 aromatic heterocycles. The van der Waals surface area contributed by atoms with Gasteiger partial charge in [0.2, 0.25) is 0 Å². The summed E-state index contributed by atoms with van der Waals surface area (Å²) in [5.74, 6) is 0. The van der Waals surface area contributed by atoms with Gasteiger partial charge in [0.05, 0.1) is 9.58 Å². The second kappa shape index (κ2) is 2.95. The van der Waals surface area contributed by atoms with E-state index in [9.17, 15) is 4.79 Å². The fourth-order valence-electron chi connectivity index (χ4n) is 1.01. The van der Waals surface area contributed by atoms with Crippen molar-refractivity contribution in [1.29, 1.82) is 0 Å². The van der Waals surface area contributed by atoms with Crippen LogP contribution in [0.15, 0.2) is 22.9 Å². The highest BCUT2D eigenvalue weighted by Crippen LogP contribution is 2.29. The summed E-state index contributed by atoms with van der Waals surface area (Å²) in [5, 5.41) is 1.06. The molecule has 0 aliphatic carbocycles. The van der Waals surface area contributed by atoms with E-state index in [0.717, 1.165) is 25.9 Å². The van der Waals surface area contributed by atoms with E-state index in [4.69, 9.17) is 0 Å². The molecule has 0 radical (unpaired) electrons. The zero-order chi connectivity index (χ0) is 8.55. The first kappa shape index (κ1) is 7.89. The van der Waals surface area contributed by atoms with E-state index in [0.29, 0.717) is 0 Å². The van der Waals surface area contributed by atoms with Crippen molar-refractivity contribution in [2.45, 2.75) is 0 Å². The van der Waals surface area contributed by atoms with Crippen LogP contribution in [0.3, 0.4) is 0 Å². The number of hydrogen-bond acceptors (Lipinski definition) is 3. The van der Waals surface area contributed by atoms with Crippen LogP contribution in [-0.2, 0) is 0 Å². The lowest BCUT2D eigenvalue weighted by molar-refractivity contribution is 0.112. The molecule has 2 nitrogen and oxygen atoms in total. The van der Waals surface area contributed by atoms with Gasteiger partial charge in [0.25, 0.3) is 0 Å². The van der Waals surface area contributed by atoms with Crippen LogP contribution in [0, 0.1) is 0 Å². The topological polar surface area (TPSA) is 30.0 Å². The van der Waals surface area contributed by atoms with Gasteiger partial charge in [-0.25, -0.2) is 4.98 Å². The number of aldehydes is 1. The van der Waals surface area contributed by atoms with Gasteiger partial charge in [-0.1, -0.05) is 0 Å². The van der Waals surface area contributed by atoms with E-state index in [1.165, 1.54) is 11.3 Å². The summed E-state index contributed by atoms with van der Waals surface area (Å²) < 4.78 is 1.83. The third kappa shape index (κ3) is 1.17. The Morgan fingerprint density at radius 2 is 2.42 bits per heavy atom. The number of rotatable bonds is 1. The number of hydrogen-bond donors (Lipinski definition) is 0. The van der Waals surface area contributed by atoms with Gasteiger partial charge in [0.15, 0.2) is 6.29 Å². The van der Waals surface area contributed by atoms with Crippen molar-refractivity contribution in [3.63, 3.8) is 0 Å². The zero-order valence-corrected chi connectivity index (χ0v) is 8.35. The van der Waals surface area contributed by atoms with Crippen molar-refractivity contribution >= 4 is 43.6 Å². The van der Waals surface area contributed by atoms with Crippen LogP contribution in [0.25, 0.3) is 10.1 Å². The summed E-state index contributed by atoms with van der Waals surface area (Å²) in [6.45, 7) is 0. The minimum Gasteiger partial charge on any atom is -0.297 e. The molecule has 0 saturated carbocycles. The summed E-state index contributed by atoms with van der Waals surface area (Å²) in [4.78, 5) is 15.3. The van der Waals surface area contributed by atoms with Crippen LogP contribution in [0.1, 0.15) is 9.67 Å². The quantitative estimate of drug-likeness (QED) is 0.568. The van der Waals surface area contributed by atoms with Crippen LogP contribution in [0.4, 0.5) is 0 Å². The van der Waals surface area contributed by atoms with Gasteiger partial charge < -0.3 is 0 Å². The lowest BCUT2D eigenvalue weighted by atomic mass is 10.3. The van der Waals surface area contributed by atoms with Crippen LogP contribution in [0.2, 0.25) is 0 Å². The van der Waals surface area contributed by atoms with Crippen LogP contribution in [0.5, 0.6) is 0 Å². The Bertz CT molecular complexity index is 438. The molecule has 0 aliphatic heterocycles. The summed E-state index contributed by atoms with van der Waals surface area (Å²) in [6.07, 6.45) is 2.57. The maximum absolute atomic E-state index is 10.5. The van der Waals surface area contributed by atoms with Crippen LogP contribution < -0.4 is 0 Å². The molecule has 60 valence electrons. The lowest BCUT2D eigenvalue weighted by Crippen LogP contribution is -1.70. The molecular weight excluding hydrogens is 238 g/mol. The van der Waals surface area contributed by atoms with Crippen LogP contribution in [-0.4, -0.2) is 11.3 Å². The van der Waals surface area contributed by atoms with E-state index >= 15 is 0 Å². The SMILES string of the molecule is O=Cc1cc2ccnc(Br)c2s1. The highest BCUT2D eigenvalue weighted by atomic mass is 79.9. The highest BCUT2D eigenvalue weighted by molar-refractivity contribution is 9.10. The van der Waals surface area contributed by atoms with Crippen molar-refractivity contribution in [3.8, 4) is 0 Å². The predicted octanol–water partition coefficient (Wildman–Crippen LogP) is 2.87. The molecule has 2 aromatic rings. The molecule has 0 aliphatic rings. The van der Waals surface area contributed by atoms with E-state index in [-0.39, 0.29) is 0 Å². The Morgan fingerprint density at radius 1 is 1.58 bits per heavy atom. The van der Waals surface area contributed by atoms with Gasteiger partial charge in [-0.3, -0.25) is 4.79 Å². The third-order valence-electron chi connectivity index (χ3n) is 1.53. The monoisotopic (exact) mass is 241 g/mol. The highest BCUT2D eigenvalue weighted by Gasteiger charge is 2.03. The van der Waals surface area contributed by atoms with Crippen molar-refractivity contribution in [2.24, 2.45) is 0 Å². The Morgan fingerprint density at radius 3 is 3.08 bits per heavy atom. The van der Waals surface area contributed by atoms with Gasteiger partial charge in [0, 0.05) is 6.20 Å². The van der Waals surface area contributed by atoms with Crippen molar-refractivity contribution in [3.05, 3.63) is 27.8 Å². The van der Waals surface area contributed by atoms with Crippen molar-refractivity contribution in [1.82, 2.24) is 4.98 Å². The zero-order valence-electron chi connectivity index (χ0n) is 5.95. The molecule has 0 aromatic carbocycles. The number of pyridine rings is 1. The largest absolute Gasteiger partial charge is 0.297 e. The Balaban J connectivity index is 2.82. The fourth-order valence-corrected chi connectivity index (χ4v) is 2.45. The lowest BCUT2D eigenvalue weighted by Gasteiger charge is -1.88. The minimum atomic E-state index is 0.735. The number of thiophene rings is 1. The Labute approximate surface area is 81.4 Å². The van der Waals surface area contributed by atoms with Gasteiger partial charge >= 0.3 is 0 Å². The Hall–Kier alpha value is -0.740. The molecule has 2 rings (SSSR count). The van der Waals surface area contributed by atoms with Gasteiger partial charge in [-0.2, -0.15) is 0 Å². The standard InChI is InChI=1S/C8H4BrNOS/c9-8-7-5(1-2-10-8)3-6(4-11)12-7/h1-4H. The molecule has 4 heteroatoms. The summed E-state index contributed by atoms with van der Waals surface area (Å²) >= 11 is 4.77. The number of aromatic nitrogens is 1. The van der Waals surface area contributed by atoms with E-state index < -0.39 is 0 Å². The minimum absolute atomic E-state index is 0.735. The van der Waals surface area contributed by atoms with Gasteiger partial charge in [-0.05, 0) is 33.4 Å². The summed E-state index contributed by atoms with van der Waals surface area (Å²) in [5.41, 5.74) is 0. The predicted molar refractivity (Wildman–Crippen MR) is 52.7 cm³/mol. The normalized spacial score (nSPS) is 10.4. The molecule has 0 atom stereocenters. The smallest absolute Gasteiger partial charge is 0.160 e. The number of fused-ring (bicyclic) bond motifs is 1. The molecule has 0 amide bonds. The van der Waals surface area contributed by atoms with Gasteiger partial charge in [0.1, 0.15) is 4.60 Å². The fraction of sp³-hybridized carbons (Fsp3) is 0. The van der Waals surface area contributed by atoms with Crippen molar-refractivity contribution < 1.29 is 4.79 Å². The first-order valence-electron chi connectivity index (χ1n) is 3.30. The number of carbonyl (C=O) groups is 1. The third-order valence-corrected chi connectivity index (χ3v) is 3.47. The number of nitrogens with zero attached hydrogens (tertiary/aromatic N) is 1. The molecule has 0 unspecified atom stereocenters. The summed E-state index contributed by atoms with van der Waals surface area (Å²) in [6, 6.07) is 3.75. The molecule has 0 fully saturated rings. The molecule has 0 N–H and O–H groups in total. The second-order valence-corrected chi connectivity index (χ2v) is 4.12. The first-order chi connectivity index (χ1) is 5.81. The van der Waals surface area contributed by atoms with E-state index in [1.807, 2.05) is 12.1 Å². The second-order valence-electron chi connectivity index (χ2n) is 2.29. The molecule has 0 saturated heterocycles. The molecule has 2 heterocycles. The number of halogens is 1. The maximum Gasteiger partial charge on any atom is 0.160 e. The molecule has 12 heavy (non-hydrogen) atoms. The number of carbonyl (C=O) groups excluding carboxylic acids is 1. The average molecular weight is 242 g/mol. The molecule has 0 spiro atoms. The van der Waals surface area contributed by atoms with E-state index in [1.54, 1.807) is 6.20 Å². The van der Waals surface area contributed by atoms with E-state index in [2.05, 4.69) is 20.9 Å². The molecule has 0 bridgehead atoms. The Kier molecular flexibility index (Phi) is 1.94. The summed E-state index contributed by atoms with van der Waals surface area (Å²) in [7, 11) is 0.